The summed E-state index contributed by atoms with van der Waals surface area (Å²) in [5.74, 6) is 0. The lowest BCUT2D eigenvalue weighted by Crippen LogP contribution is -2.11. The van der Waals surface area contributed by atoms with E-state index in [0.29, 0.717) is 0 Å². The van der Waals surface area contributed by atoms with Gasteiger partial charge in [-0.3, -0.25) is 0 Å². The lowest BCUT2D eigenvalue weighted by atomic mass is 9.96. The van der Waals surface area contributed by atoms with Crippen LogP contribution in [0.2, 0.25) is 0 Å². The molecule has 0 aliphatic rings. The summed E-state index contributed by atoms with van der Waals surface area (Å²) in [5, 5.41) is 4.79. The number of para-hydroxylation sites is 1. The Morgan fingerprint density at radius 2 is 1.00 bits per heavy atom. The van der Waals surface area contributed by atoms with Crippen molar-refractivity contribution in [3.05, 3.63) is 188 Å². The number of furan rings is 1. The van der Waals surface area contributed by atoms with Crippen molar-refractivity contribution >= 4 is 70.5 Å². The van der Waals surface area contributed by atoms with Crippen molar-refractivity contribution in [3.63, 3.8) is 0 Å². The zero-order valence-electron chi connectivity index (χ0n) is 27.7. The fourth-order valence-corrected chi connectivity index (χ4v) is 8.71. The summed E-state index contributed by atoms with van der Waals surface area (Å²) >= 11 is 1.87. The molecule has 0 aliphatic carbocycles. The van der Waals surface area contributed by atoms with Crippen LogP contribution in [0.4, 0.5) is 17.1 Å². The maximum absolute atomic E-state index is 6.43. The molecule has 0 fully saturated rings. The van der Waals surface area contributed by atoms with Crippen molar-refractivity contribution in [3.8, 4) is 33.4 Å². The van der Waals surface area contributed by atoms with E-state index in [2.05, 4.69) is 187 Å². The van der Waals surface area contributed by atoms with Gasteiger partial charge in [-0.15, -0.1) is 11.3 Å². The van der Waals surface area contributed by atoms with Crippen LogP contribution >= 0.6 is 11.3 Å². The summed E-state index contributed by atoms with van der Waals surface area (Å²) in [6, 6.07) is 67.5. The molecule has 51 heavy (non-hydrogen) atoms. The highest BCUT2D eigenvalue weighted by atomic mass is 32.1. The van der Waals surface area contributed by atoms with Crippen molar-refractivity contribution in [2.45, 2.75) is 0 Å². The summed E-state index contributed by atoms with van der Waals surface area (Å²) in [4.78, 5) is 2.40. The van der Waals surface area contributed by atoms with Crippen molar-refractivity contribution in [1.82, 2.24) is 0 Å². The van der Waals surface area contributed by atoms with Gasteiger partial charge in [0, 0.05) is 36.9 Å². The van der Waals surface area contributed by atoms with Crippen LogP contribution in [0, 0.1) is 0 Å². The lowest BCUT2D eigenvalue weighted by molar-refractivity contribution is 0.669. The number of rotatable bonds is 6. The van der Waals surface area contributed by atoms with Gasteiger partial charge in [-0.25, -0.2) is 0 Å². The molecule has 10 aromatic rings. The average molecular weight is 670 g/mol. The SMILES string of the molecule is c1ccc(-c2ccc(N(c3cc(-c4ccccc4)cc(-c4cccc5c4sc4ccccc45)c3)c3cccc4oc5ccccc5c34)cc2)cc1. The van der Waals surface area contributed by atoms with Crippen LogP contribution in [-0.4, -0.2) is 0 Å². The molecule has 0 saturated carbocycles. The van der Waals surface area contributed by atoms with E-state index >= 15 is 0 Å². The van der Waals surface area contributed by atoms with E-state index in [0.717, 1.165) is 44.6 Å². The summed E-state index contributed by atoms with van der Waals surface area (Å²) in [6.07, 6.45) is 0. The maximum atomic E-state index is 6.43. The lowest BCUT2D eigenvalue weighted by Gasteiger charge is -2.28. The molecule has 240 valence electrons. The van der Waals surface area contributed by atoms with Gasteiger partial charge in [0.1, 0.15) is 11.2 Å². The Balaban J connectivity index is 1.25. The van der Waals surface area contributed by atoms with E-state index in [-0.39, 0.29) is 0 Å². The number of hydrogen-bond donors (Lipinski definition) is 0. The molecule has 0 N–H and O–H groups in total. The van der Waals surface area contributed by atoms with Gasteiger partial charge in [0.15, 0.2) is 0 Å². The van der Waals surface area contributed by atoms with E-state index < -0.39 is 0 Å². The minimum atomic E-state index is 0.870. The van der Waals surface area contributed by atoms with Crippen molar-refractivity contribution in [2.75, 3.05) is 4.90 Å². The van der Waals surface area contributed by atoms with E-state index in [9.17, 15) is 0 Å². The molecule has 0 radical (unpaired) electrons. The molecule has 0 saturated heterocycles. The van der Waals surface area contributed by atoms with Gasteiger partial charge in [0.2, 0.25) is 0 Å². The molecule has 0 atom stereocenters. The summed E-state index contributed by atoms with van der Waals surface area (Å²) < 4.78 is 9.04. The number of nitrogens with zero attached hydrogens (tertiary/aromatic N) is 1. The molecule has 10 rings (SSSR count). The van der Waals surface area contributed by atoms with Gasteiger partial charge in [0.25, 0.3) is 0 Å². The topological polar surface area (TPSA) is 16.4 Å². The van der Waals surface area contributed by atoms with Gasteiger partial charge in [-0.2, -0.15) is 0 Å². The summed E-state index contributed by atoms with van der Waals surface area (Å²) in [6.45, 7) is 0. The maximum Gasteiger partial charge on any atom is 0.137 e. The van der Waals surface area contributed by atoms with Crippen LogP contribution < -0.4 is 4.90 Å². The number of thiophene rings is 1. The molecule has 2 aromatic heterocycles. The Morgan fingerprint density at radius 3 is 1.80 bits per heavy atom. The van der Waals surface area contributed by atoms with Gasteiger partial charge in [-0.05, 0) is 88.0 Å². The summed E-state index contributed by atoms with van der Waals surface area (Å²) in [7, 11) is 0. The second kappa shape index (κ2) is 12.2. The highest BCUT2D eigenvalue weighted by molar-refractivity contribution is 7.26. The Morgan fingerprint density at radius 1 is 0.392 bits per heavy atom. The Kier molecular flexibility index (Phi) is 7.04. The first-order chi connectivity index (χ1) is 25.3. The fourth-order valence-electron chi connectivity index (χ4n) is 7.47. The number of fused-ring (bicyclic) bond motifs is 6. The Labute approximate surface area is 300 Å². The number of anilines is 3. The first-order valence-electron chi connectivity index (χ1n) is 17.3. The standard InChI is InChI=1S/C48H31NOS/c1-3-13-32(14-4-1)34-25-27-37(28-26-34)49(43-21-12-23-45-47(43)42-18-7-9-22-44(42)50-45)38-30-35(33-15-5-2-6-16-33)29-36(31-38)39-19-11-20-41-40-17-8-10-24-46(40)51-48(39)41/h1-31H. The summed E-state index contributed by atoms with van der Waals surface area (Å²) in [5.41, 5.74) is 12.1. The van der Waals surface area contributed by atoms with Gasteiger partial charge < -0.3 is 9.32 Å². The fraction of sp³-hybridized carbons (Fsp3) is 0. The molecule has 8 aromatic carbocycles. The zero-order valence-corrected chi connectivity index (χ0v) is 28.5. The monoisotopic (exact) mass is 669 g/mol. The average Bonchev–Trinajstić information content (AvgIpc) is 3.78. The largest absolute Gasteiger partial charge is 0.456 e. The number of hydrogen-bond acceptors (Lipinski definition) is 3. The zero-order chi connectivity index (χ0) is 33.7. The third-order valence-electron chi connectivity index (χ3n) is 9.85. The molecular weight excluding hydrogens is 639 g/mol. The van der Waals surface area contributed by atoms with Gasteiger partial charge >= 0.3 is 0 Å². The molecule has 0 unspecified atom stereocenters. The van der Waals surface area contributed by atoms with Crippen LogP contribution in [0.5, 0.6) is 0 Å². The minimum absolute atomic E-state index is 0.870. The second-order valence-electron chi connectivity index (χ2n) is 12.9. The van der Waals surface area contributed by atoms with Crippen molar-refractivity contribution < 1.29 is 4.42 Å². The van der Waals surface area contributed by atoms with Gasteiger partial charge in [-0.1, -0.05) is 133 Å². The highest BCUT2D eigenvalue weighted by Crippen LogP contribution is 2.47. The van der Waals surface area contributed by atoms with E-state index in [1.807, 2.05) is 17.4 Å². The smallest absolute Gasteiger partial charge is 0.137 e. The number of benzene rings is 8. The quantitative estimate of drug-likeness (QED) is 0.175. The van der Waals surface area contributed by atoms with Crippen LogP contribution in [0.15, 0.2) is 192 Å². The molecule has 0 spiro atoms. The van der Waals surface area contributed by atoms with Crippen LogP contribution in [0.1, 0.15) is 0 Å². The predicted octanol–water partition coefficient (Wildman–Crippen LogP) is 14.4. The molecule has 2 nitrogen and oxygen atoms in total. The Hall–Kier alpha value is -6.42. The molecule has 2 heterocycles. The highest BCUT2D eigenvalue weighted by Gasteiger charge is 2.21. The molecule has 0 aliphatic heterocycles. The minimum Gasteiger partial charge on any atom is -0.456 e. The normalized spacial score (nSPS) is 11.5. The first kappa shape index (κ1) is 29.5. The van der Waals surface area contributed by atoms with E-state index in [4.69, 9.17) is 4.42 Å². The van der Waals surface area contributed by atoms with Gasteiger partial charge in [0.05, 0.1) is 11.1 Å². The van der Waals surface area contributed by atoms with Crippen LogP contribution in [0.3, 0.4) is 0 Å². The molecule has 3 heteroatoms. The predicted molar refractivity (Wildman–Crippen MR) is 218 cm³/mol. The Bertz CT molecular complexity index is 2850. The first-order valence-corrected chi connectivity index (χ1v) is 18.1. The van der Waals surface area contributed by atoms with Crippen molar-refractivity contribution in [1.29, 1.82) is 0 Å². The van der Waals surface area contributed by atoms with Crippen molar-refractivity contribution in [2.24, 2.45) is 0 Å². The molecular formula is C48H31NOS. The third-order valence-corrected chi connectivity index (χ3v) is 11.1. The third kappa shape index (κ3) is 5.10. The van der Waals surface area contributed by atoms with E-state index in [1.54, 1.807) is 0 Å². The van der Waals surface area contributed by atoms with E-state index in [1.165, 1.54) is 48.0 Å². The van der Waals surface area contributed by atoms with Crippen LogP contribution in [0.25, 0.3) is 75.5 Å². The van der Waals surface area contributed by atoms with Crippen LogP contribution in [-0.2, 0) is 0 Å². The molecule has 0 amide bonds. The molecule has 0 bridgehead atoms. The second-order valence-corrected chi connectivity index (χ2v) is 14.0.